The summed E-state index contributed by atoms with van der Waals surface area (Å²) in [6.45, 7) is 6.51. The minimum Gasteiger partial charge on any atom is -0.462 e. The van der Waals surface area contributed by atoms with Gasteiger partial charge in [0.25, 0.3) is 0 Å². The van der Waals surface area contributed by atoms with Crippen molar-refractivity contribution in [2.45, 2.75) is 284 Å². The smallest absolute Gasteiger partial charge is 0.306 e. The molecule has 0 heterocycles. The second-order valence-electron chi connectivity index (χ2n) is 19.5. The van der Waals surface area contributed by atoms with Gasteiger partial charge in [-0.1, -0.05) is 272 Å². The molecular weight excluding hydrogens is 877 g/mol. The third-order valence-corrected chi connectivity index (χ3v) is 12.6. The van der Waals surface area contributed by atoms with Crippen molar-refractivity contribution < 1.29 is 28.6 Å². The normalized spacial score (nSPS) is 12.8. The molecule has 406 valence electrons. The van der Waals surface area contributed by atoms with Gasteiger partial charge in [0.1, 0.15) is 13.2 Å². The van der Waals surface area contributed by atoms with Gasteiger partial charge >= 0.3 is 17.9 Å². The van der Waals surface area contributed by atoms with Crippen LogP contribution in [-0.4, -0.2) is 37.2 Å². The summed E-state index contributed by atoms with van der Waals surface area (Å²) in [6, 6.07) is 0. The first kappa shape index (κ1) is 67.3. The summed E-state index contributed by atoms with van der Waals surface area (Å²) in [7, 11) is 0. The summed E-state index contributed by atoms with van der Waals surface area (Å²) in [5, 5.41) is 0. The SMILES string of the molecule is CC/C=C\C/C=C\C/C=C\C/C=C\C/C=C\C/C=C\C/C=C\C/C=C\CCCCCCC(=O)OCC(COC(=O)CCCCCCCCCCCCCC)OC(=O)CCCCCCCCCCCCCC. The quantitative estimate of drug-likeness (QED) is 0.0261. The van der Waals surface area contributed by atoms with E-state index in [0.717, 1.165) is 122 Å². The Morgan fingerprint density at radius 2 is 0.549 bits per heavy atom. The van der Waals surface area contributed by atoms with Crippen LogP contribution in [0.15, 0.2) is 97.2 Å². The van der Waals surface area contributed by atoms with Crippen LogP contribution in [0, 0.1) is 0 Å². The van der Waals surface area contributed by atoms with E-state index in [9.17, 15) is 14.4 Å². The molecule has 0 aromatic rings. The lowest BCUT2D eigenvalue weighted by atomic mass is 10.0. The number of allylic oxidation sites excluding steroid dienone is 16. The number of hydrogen-bond donors (Lipinski definition) is 0. The zero-order chi connectivity index (χ0) is 51.4. The lowest BCUT2D eigenvalue weighted by Crippen LogP contribution is -2.30. The van der Waals surface area contributed by atoms with Crippen molar-refractivity contribution in [2.24, 2.45) is 0 Å². The van der Waals surface area contributed by atoms with Crippen molar-refractivity contribution in [2.75, 3.05) is 13.2 Å². The molecule has 0 radical (unpaired) electrons. The van der Waals surface area contributed by atoms with Gasteiger partial charge in [-0.15, -0.1) is 0 Å². The maximum Gasteiger partial charge on any atom is 0.306 e. The highest BCUT2D eigenvalue weighted by Crippen LogP contribution is 2.15. The lowest BCUT2D eigenvalue weighted by Gasteiger charge is -2.18. The highest BCUT2D eigenvalue weighted by Gasteiger charge is 2.19. The fourth-order valence-corrected chi connectivity index (χ4v) is 8.16. The van der Waals surface area contributed by atoms with E-state index in [-0.39, 0.29) is 31.1 Å². The van der Waals surface area contributed by atoms with Crippen molar-refractivity contribution in [3.8, 4) is 0 Å². The molecule has 0 aliphatic heterocycles. The van der Waals surface area contributed by atoms with E-state index < -0.39 is 6.10 Å². The molecule has 0 N–H and O–H groups in total. The first-order valence-electron chi connectivity index (χ1n) is 29.7. The Kier molecular flexibility index (Phi) is 55.9. The molecule has 0 rings (SSSR count). The van der Waals surface area contributed by atoms with Crippen molar-refractivity contribution >= 4 is 17.9 Å². The van der Waals surface area contributed by atoms with Crippen LogP contribution in [0.4, 0.5) is 0 Å². The Balaban J connectivity index is 4.30. The monoisotopic (exact) mass is 987 g/mol. The Morgan fingerprint density at radius 3 is 0.859 bits per heavy atom. The molecule has 6 heteroatoms. The third kappa shape index (κ3) is 57.1. The fraction of sp³-hybridized carbons (Fsp3) is 0.708. The lowest BCUT2D eigenvalue weighted by molar-refractivity contribution is -0.167. The number of rotatable bonds is 53. The van der Waals surface area contributed by atoms with Gasteiger partial charge in [0.05, 0.1) is 0 Å². The van der Waals surface area contributed by atoms with E-state index in [1.165, 1.54) is 116 Å². The molecule has 0 aromatic heterocycles. The van der Waals surface area contributed by atoms with Gasteiger partial charge in [-0.2, -0.15) is 0 Å². The summed E-state index contributed by atoms with van der Waals surface area (Å²) < 4.78 is 16.8. The van der Waals surface area contributed by atoms with Gasteiger partial charge in [-0.25, -0.2) is 0 Å². The minimum absolute atomic E-state index is 0.0820. The van der Waals surface area contributed by atoms with Crippen LogP contribution in [0.5, 0.6) is 0 Å². The second-order valence-corrected chi connectivity index (χ2v) is 19.5. The van der Waals surface area contributed by atoms with Gasteiger partial charge in [0.15, 0.2) is 6.10 Å². The molecule has 0 saturated heterocycles. The van der Waals surface area contributed by atoms with Crippen LogP contribution in [-0.2, 0) is 28.6 Å². The summed E-state index contributed by atoms with van der Waals surface area (Å²) in [5.74, 6) is -0.903. The van der Waals surface area contributed by atoms with E-state index in [1.807, 2.05) is 0 Å². The standard InChI is InChI=1S/C65H110O6/c1-4-7-10-13-16-19-22-25-26-27-28-29-30-31-32-33-34-35-36-37-38-39-40-41-44-46-49-52-55-58-64(67)70-61-62(71-65(68)59-56-53-50-47-43-24-21-18-15-12-9-6-3)60-69-63(66)57-54-51-48-45-42-23-20-17-14-11-8-5-2/h7,10,16,19,25-26,28-29,31-32,34-35,37-38,40-41,62H,4-6,8-9,11-15,17-18,20-24,27,30,33,36,39,42-61H2,1-3H3/b10-7-,19-16-,26-25-,29-28-,32-31-,35-34-,38-37-,41-40-. The largest absolute Gasteiger partial charge is 0.462 e. The van der Waals surface area contributed by atoms with Crippen LogP contribution in [0.25, 0.3) is 0 Å². The molecule has 1 unspecified atom stereocenters. The van der Waals surface area contributed by atoms with Crippen LogP contribution in [0.1, 0.15) is 278 Å². The minimum atomic E-state index is -0.784. The van der Waals surface area contributed by atoms with Gasteiger partial charge in [-0.3, -0.25) is 14.4 Å². The highest BCUT2D eigenvalue weighted by molar-refractivity contribution is 5.71. The van der Waals surface area contributed by atoms with Crippen LogP contribution in [0.2, 0.25) is 0 Å². The zero-order valence-electron chi connectivity index (χ0n) is 46.5. The number of unbranched alkanes of at least 4 members (excludes halogenated alkanes) is 26. The molecule has 0 fully saturated rings. The molecule has 71 heavy (non-hydrogen) atoms. The molecule has 1 atom stereocenters. The average molecular weight is 988 g/mol. The first-order valence-corrected chi connectivity index (χ1v) is 29.7. The molecule has 0 saturated carbocycles. The van der Waals surface area contributed by atoms with Crippen molar-refractivity contribution in [1.29, 1.82) is 0 Å². The van der Waals surface area contributed by atoms with Crippen molar-refractivity contribution in [3.63, 3.8) is 0 Å². The topological polar surface area (TPSA) is 78.9 Å². The second kappa shape index (κ2) is 58.9. The number of esters is 3. The number of carbonyl (C=O) groups excluding carboxylic acids is 3. The summed E-state index contributed by atoms with van der Waals surface area (Å²) >= 11 is 0. The van der Waals surface area contributed by atoms with Crippen LogP contribution >= 0.6 is 0 Å². The van der Waals surface area contributed by atoms with E-state index in [0.29, 0.717) is 19.3 Å². The van der Waals surface area contributed by atoms with Crippen molar-refractivity contribution in [3.05, 3.63) is 97.2 Å². The molecular formula is C65H110O6. The van der Waals surface area contributed by atoms with Gasteiger partial charge < -0.3 is 14.2 Å². The van der Waals surface area contributed by atoms with Crippen molar-refractivity contribution in [1.82, 2.24) is 0 Å². The molecule has 0 spiro atoms. The van der Waals surface area contributed by atoms with E-state index >= 15 is 0 Å². The molecule has 0 aliphatic carbocycles. The maximum atomic E-state index is 12.8. The zero-order valence-corrected chi connectivity index (χ0v) is 46.5. The number of carbonyl (C=O) groups is 3. The highest BCUT2D eigenvalue weighted by atomic mass is 16.6. The molecule has 6 nitrogen and oxygen atoms in total. The molecule has 0 aromatic carbocycles. The fourth-order valence-electron chi connectivity index (χ4n) is 8.16. The Bertz CT molecular complexity index is 1410. The van der Waals surface area contributed by atoms with Gasteiger partial charge in [0.2, 0.25) is 0 Å². The van der Waals surface area contributed by atoms with Crippen LogP contribution in [0.3, 0.4) is 0 Å². The molecule has 0 bridgehead atoms. The van der Waals surface area contributed by atoms with Gasteiger partial charge in [-0.05, 0) is 83.5 Å². The number of hydrogen-bond acceptors (Lipinski definition) is 6. The maximum absolute atomic E-state index is 12.8. The Labute approximate surface area is 438 Å². The Morgan fingerprint density at radius 1 is 0.296 bits per heavy atom. The van der Waals surface area contributed by atoms with E-state index in [1.54, 1.807) is 0 Å². The van der Waals surface area contributed by atoms with E-state index in [4.69, 9.17) is 14.2 Å². The first-order chi connectivity index (χ1) is 35.0. The predicted molar refractivity (Wildman–Crippen MR) is 307 cm³/mol. The predicted octanol–water partition coefficient (Wildman–Crippen LogP) is 20.1. The third-order valence-electron chi connectivity index (χ3n) is 12.6. The number of ether oxygens (including phenoxy) is 3. The summed E-state index contributed by atoms with van der Waals surface area (Å²) in [6.07, 6.45) is 78.3. The summed E-state index contributed by atoms with van der Waals surface area (Å²) in [4.78, 5) is 38.1. The molecule has 0 aliphatic rings. The summed E-state index contributed by atoms with van der Waals surface area (Å²) in [5.41, 5.74) is 0. The van der Waals surface area contributed by atoms with E-state index in [2.05, 4.69) is 118 Å². The van der Waals surface area contributed by atoms with Crippen LogP contribution < -0.4 is 0 Å². The van der Waals surface area contributed by atoms with Gasteiger partial charge in [0, 0.05) is 19.3 Å². The molecule has 0 amide bonds. The Hall–Kier alpha value is -3.67. The average Bonchev–Trinajstić information content (AvgIpc) is 3.37.